The van der Waals surface area contributed by atoms with Gasteiger partial charge in [-0.3, -0.25) is 9.69 Å². The van der Waals surface area contributed by atoms with E-state index in [0.29, 0.717) is 18.8 Å². The molecule has 0 saturated carbocycles. The predicted octanol–water partition coefficient (Wildman–Crippen LogP) is 0.443. The Morgan fingerprint density at radius 2 is 2.26 bits per heavy atom. The van der Waals surface area contributed by atoms with Crippen LogP contribution in [0.2, 0.25) is 0 Å². The second kappa shape index (κ2) is 5.90. The van der Waals surface area contributed by atoms with E-state index in [9.17, 15) is 4.79 Å². The molecular weight excluding hydrogens is 246 g/mol. The zero-order valence-corrected chi connectivity index (χ0v) is 11.0. The van der Waals surface area contributed by atoms with Gasteiger partial charge >= 0.3 is 0 Å². The first kappa shape index (κ1) is 13.6. The normalized spacial score (nSPS) is 14.0. The summed E-state index contributed by atoms with van der Waals surface area (Å²) in [5, 5.41) is 0. The van der Waals surface area contributed by atoms with Crippen LogP contribution in [0.25, 0.3) is 0 Å². The van der Waals surface area contributed by atoms with Gasteiger partial charge in [-0.05, 0) is 18.7 Å². The van der Waals surface area contributed by atoms with Crippen LogP contribution in [0.1, 0.15) is 18.1 Å². The van der Waals surface area contributed by atoms with Gasteiger partial charge in [0, 0.05) is 23.4 Å². The number of ether oxygens (including phenoxy) is 2. The molecule has 0 aromatic heterocycles. The van der Waals surface area contributed by atoms with Crippen LogP contribution in [0, 0.1) is 0 Å². The van der Waals surface area contributed by atoms with Crippen LogP contribution in [0.5, 0.6) is 5.75 Å². The quantitative estimate of drug-likeness (QED) is 0.754. The van der Waals surface area contributed by atoms with Gasteiger partial charge in [0.25, 0.3) is 0 Å². The van der Waals surface area contributed by atoms with Crippen LogP contribution < -0.4 is 16.2 Å². The van der Waals surface area contributed by atoms with E-state index < -0.39 is 0 Å². The molecule has 1 aliphatic heterocycles. The molecule has 0 radical (unpaired) electrons. The standard InChI is InChI=1S/C13H19N3O3/c1-2-16(6-12(15)17)5-9-3-11(14)4-10-7-18-8-19-13(9)10/h3-4H,2,5-8,14H2,1H3,(H2,15,17). The third-order valence-electron chi connectivity index (χ3n) is 3.03. The van der Waals surface area contributed by atoms with Crippen LogP contribution in [-0.4, -0.2) is 30.7 Å². The summed E-state index contributed by atoms with van der Waals surface area (Å²) in [6.07, 6.45) is 0. The monoisotopic (exact) mass is 265 g/mol. The molecule has 1 heterocycles. The number of likely N-dealkylation sites (N-methyl/N-ethyl adjacent to an activating group) is 1. The van der Waals surface area contributed by atoms with E-state index in [1.807, 2.05) is 24.0 Å². The molecule has 6 heteroatoms. The van der Waals surface area contributed by atoms with Gasteiger partial charge in [-0.2, -0.15) is 0 Å². The number of benzene rings is 1. The zero-order chi connectivity index (χ0) is 13.8. The van der Waals surface area contributed by atoms with Gasteiger partial charge in [-0.25, -0.2) is 0 Å². The third-order valence-corrected chi connectivity index (χ3v) is 3.03. The molecule has 1 aliphatic rings. The van der Waals surface area contributed by atoms with Crippen LogP contribution >= 0.6 is 0 Å². The highest BCUT2D eigenvalue weighted by atomic mass is 16.7. The number of nitrogens with zero attached hydrogens (tertiary/aromatic N) is 1. The Morgan fingerprint density at radius 1 is 1.47 bits per heavy atom. The van der Waals surface area contributed by atoms with Crippen molar-refractivity contribution in [2.75, 3.05) is 25.6 Å². The minimum absolute atomic E-state index is 0.219. The van der Waals surface area contributed by atoms with Gasteiger partial charge in [0.15, 0.2) is 6.79 Å². The average Bonchev–Trinajstić information content (AvgIpc) is 2.37. The molecule has 0 atom stereocenters. The minimum Gasteiger partial charge on any atom is -0.467 e. The van der Waals surface area contributed by atoms with E-state index in [1.54, 1.807) is 0 Å². The van der Waals surface area contributed by atoms with Crippen molar-refractivity contribution in [1.82, 2.24) is 4.90 Å². The predicted molar refractivity (Wildman–Crippen MR) is 71.3 cm³/mol. The lowest BCUT2D eigenvalue weighted by atomic mass is 10.1. The number of primary amides is 1. The van der Waals surface area contributed by atoms with E-state index in [-0.39, 0.29) is 19.2 Å². The number of hydrogen-bond donors (Lipinski definition) is 2. The van der Waals surface area contributed by atoms with Gasteiger partial charge in [-0.15, -0.1) is 0 Å². The molecule has 1 aromatic carbocycles. The summed E-state index contributed by atoms with van der Waals surface area (Å²) in [5.41, 5.74) is 13.7. The van der Waals surface area contributed by atoms with Gasteiger partial charge < -0.3 is 20.9 Å². The Balaban J connectivity index is 2.23. The maximum atomic E-state index is 11.0. The fourth-order valence-electron chi connectivity index (χ4n) is 2.18. The van der Waals surface area contributed by atoms with Crippen molar-refractivity contribution >= 4 is 11.6 Å². The highest BCUT2D eigenvalue weighted by Gasteiger charge is 2.18. The van der Waals surface area contributed by atoms with Crippen molar-refractivity contribution in [3.8, 4) is 5.75 Å². The molecule has 4 N–H and O–H groups in total. The van der Waals surface area contributed by atoms with E-state index in [1.165, 1.54) is 0 Å². The molecule has 19 heavy (non-hydrogen) atoms. The van der Waals surface area contributed by atoms with Gasteiger partial charge in [-0.1, -0.05) is 6.92 Å². The van der Waals surface area contributed by atoms with Gasteiger partial charge in [0.2, 0.25) is 5.91 Å². The van der Waals surface area contributed by atoms with Gasteiger partial charge in [0.1, 0.15) is 5.75 Å². The highest BCUT2D eigenvalue weighted by Crippen LogP contribution is 2.31. The first-order valence-corrected chi connectivity index (χ1v) is 6.22. The topological polar surface area (TPSA) is 90.8 Å². The first-order valence-electron chi connectivity index (χ1n) is 6.22. The summed E-state index contributed by atoms with van der Waals surface area (Å²) >= 11 is 0. The summed E-state index contributed by atoms with van der Waals surface area (Å²) in [6, 6.07) is 3.72. The lowest BCUT2D eigenvalue weighted by Gasteiger charge is -2.25. The smallest absolute Gasteiger partial charge is 0.231 e. The number of fused-ring (bicyclic) bond motifs is 1. The summed E-state index contributed by atoms with van der Waals surface area (Å²) in [4.78, 5) is 13.0. The fourth-order valence-corrected chi connectivity index (χ4v) is 2.18. The van der Waals surface area contributed by atoms with Gasteiger partial charge in [0.05, 0.1) is 13.2 Å². The SMILES string of the molecule is CCN(CC(N)=O)Cc1cc(N)cc2c1OCOC2. The molecule has 1 aromatic rings. The lowest BCUT2D eigenvalue weighted by molar-refractivity contribution is -0.119. The largest absolute Gasteiger partial charge is 0.467 e. The highest BCUT2D eigenvalue weighted by molar-refractivity contribution is 5.75. The van der Waals surface area contributed by atoms with E-state index in [2.05, 4.69) is 0 Å². The molecule has 2 rings (SSSR count). The number of nitrogens with two attached hydrogens (primary N) is 2. The summed E-state index contributed by atoms with van der Waals surface area (Å²) < 4.78 is 10.8. The molecule has 1 amide bonds. The molecule has 6 nitrogen and oxygen atoms in total. The first-order chi connectivity index (χ1) is 9.10. The molecule has 0 saturated heterocycles. The number of rotatable bonds is 5. The zero-order valence-electron chi connectivity index (χ0n) is 11.0. The Morgan fingerprint density at radius 3 is 2.95 bits per heavy atom. The molecule has 0 bridgehead atoms. The van der Waals surface area contributed by atoms with Crippen LogP contribution in [0.15, 0.2) is 12.1 Å². The number of hydrogen-bond acceptors (Lipinski definition) is 5. The second-order valence-corrected chi connectivity index (χ2v) is 4.55. The maximum Gasteiger partial charge on any atom is 0.231 e. The summed E-state index contributed by atoms with van der Waals surface area (Å²) in [7, 11) is 0. The Labute approximate surface area is 112 Å². The minimum atomic E-state index is -0.344. The van der Waals surface area contributed by atoms with Crippen molar-refractivity contribution in [3.05, 3.63) is 23.3 Å². The summed E-state index contributed by atoms with van der Waals surface area (Å²) in [5.74, 6) is 0.465. The van der Waals surface area contributed by atoms with Crippen molar-refractivity contribution in [3.63, 3.8) is 0 Å². The van der Waals surface area contributed by atoms with Crippen LogP contribution in [-0.2, 0) is 22.7 Å². The molecule has 104 valence electrons. The van der Waals surface area contributed by atoms with Crippen molar-refractivity contribution < 1.29 is 14.3 Å². The molecule has 0 aliphatic carbocycles. The number of nitrogen functional groups attached to an aromatic ring is 1. The number of anilines is 1. The van der Waals surface area contributed by atoms with Crippen molar-refractivity contribution in [2.45, 2.75) is 20.1 Å². The fraction of sp³-hybridized carbons (Fsp3) is 0.462. The Bertz CT molecular complexity index is 476. The Kier molecular flexibility index (Phi) is 4.24. The summed E-state index contributed by atoms with van der Waals surface area (Å²) in [6.45, 7) is 4.24. The van der Waals surface area contributed by atoms with Crippen molar-refractivity contribution in [1.29, 1.82) is 0 Å². The molecule has 0 unspecified atom stereocenters. The lowest BCUT2D eigenvalue weighted by Crippen LogP contribution is -2.33. The molecular formula is C13H19N3O3. The average molecular weight is 265 g/mol. The number of carbonyl (C=O) groups is 1. The van der Waals surface area contributed by atoms with Crippen molar-refractivity contribution in [2.24, 2.45) is 5.73 Å². The third kappa shape index (κ3) is 3.36. The molecule has 0 fully saturated rings. The Hall–Kier alpha value is -1.79. The molecule has 0 spiro atoms. The van der Waals surface area contributed by atoms with Crippen LogP contribution in [0.4, 0.5) is 5.69 Å². The van der Waals surface area contributed by atoms with E-state index >= 15 is 0 Å². The van der Waals surface area contributed by atoms with E-state index in [0.717, 1.165) is 23.4 Å². The second-order valence-electron chi connectivity index (χ2n) is 4.55. The number of carbonyl (C=O) groups excluding carboxylic acids is 1. The maximum absolute atomic E-state index is 11.0. The number of amides is 1. The van der Waals surface area contributed by atoms with E-state index in [4.69, 9.17) is 20.9 Å². The van der Waals surface area contributed by atoms with Crippen LogP contribution in [0.3, 0.4) is 0 Å².